The molecule has 2 N–H and O–H groups in total. The minimum Gasteiger partial charge on any atom is -0.380 e. The van der Waals surface area contributed by atoms with Gasteiger partial charge in [-0.15, -0.1) is 0 Å². The fourth-order valence-corrected chi connectivity index (χ4v) is 5.74. The van der Waals surface area contributed by atoms with Crippen molar-refractivity contribution in [3.63, 3.8) is 0 Å². The second kappa shape index (κ2) is 14.6. The van der Waals surface area contributed by atoms with Crippen LogP contribution in [0, 0.1) is 0 Å². The van der Waals surface area contributed by atoms with Gasteiger partial charge in [-0.25, -0.2) is 0 Å². The maximum atomic E-state index is 12.7. The van der Waals surface area contributed by atoms with Crippen molar-refractivity contribution < 1.29 is 12.2 Å². The minimum atomic E-state index is -2.24. The average molecular weight is 524 g/mol. The summed E-state index contributed by atoms with van der Waals surface area (Å²) < 4.78 is 20.3. The minimum absolute atomic E-state index is 0. The van der Waals surface area contributed by atoms with Crippen LogP contribution in [-0.4, -0.2) is 80.4 Å². The van der Waals surface area contributed by atoms with Crippen LogP contribution in [0.4, 0.5) is 17.1 Å². The van der Waals surface area contributed by atoms with Crippen LogP contribution >= 0.6 is 7.29 Å². The fourth-order valence-electron chi connectivity index (χ4n) is 4.49. The number of pyridine rings is 1. The molecule has 0 saturated carbocycles. The van der Waals surface area contributed by atoms with Crippen LogP contribution in [0.1, 0.15) is 47.8 Å². The van der Waals surface area contributed by atoms with Crippen LogP contribution in [0.3, 0.4) is 0 Å². The molecule has 204 valence electrons. The Morgan fingerprint density at radius 3 is 2.25 bits per heavy atom. The van der Waals surface area contributed by atoms with Crippen molar-refractivity contribution in [2.45, 2.75) is 44.9 Å². The molecule has 36 heavy (non-hydrogen) atoms. The van der Waals surface area contributed by atoms with E-state index in [1.54, 1.807) is 24.5 Å². The lowest BCUT2D eigenvalue weighted by atomic mass is 10.1. The van der Waals surface area contributed by atoms with Gasteiger partial charge >= 0.3 is 0 Å². The summed E-state index contributed by atoms with van der Waals surface area (Å²) in [6.45, 7) is 10.9. The first kappa shape index (κ1) is 28.5. The Bertz CT molecular complexity index is 1040. The lowest BCUT2D eigenvalue weighted by Crippen LogP contribution is -2.38. The molecule has 1 aliphatic rings. The van der Waals surface area contributed by atoms with E-state index in [9.17, 15) is 14.2 Å². The zero-order valence-electron chi connectivity index (χ0n) is 21.8. The lowest BCUT2D eigenvalue weighted by molar-refractivity contribution is 0.0369. The second-order valence-electron chi connectivity index (χ2n) is 9.87. The fraction of sp³-hybridized carbons (Fsp3) is 0.654. The highest BCUT2D eigenvalue weighted by atomic mass is 31.2. The van der Waals surface area contributed by atoms with Gasteiger partial charge in [0.25, 0.3) is 10.9 Å². The summed E-state index contributed by atoms with van der Waals surface area (Å²) in [7, 11) is -2.24. The van der Waals surface area contributed by atoms with Gasteiger partial charge in [0, 0.05) is 67.0 Å². The van der Waals surface area contributed by atoms with Gasteiger partial charge in [0.15, 0.2) is 0 Å². The van der Waals surface area contributed by atoms with E-state index in [2.05, 4.69) is 25.2 Å². The summed E-state index contributed by atoms with van der Waals surface area (Å²) in [5.74, 6) is 0. The lowest BCUT2D eigenvalue weighted by Gasteiger charge is -2.30. The molecule has 9 nitrogen and oxygen atoms in total. The van der Waals surface area contributed by atoms with Gasteiger partial charge in [0.1, 0.15) is 18.7 Å². The predicted molar refractivity (Wildman–Crippen MR) is 152 cm³/mol. The molecule has 0 bridgehead atoms. The number of anilines is 3. The summed E-state index contributed by atoms with van der Waals surface area (Å²) in [6, 6.07) is 3.51. The number of morpholine rings is 1. The Morgan fingerprint density at radius 2 is 1.56 bits per heavy atom. The highest BCUT2D eigenvalue weighted by Crippen LogP contribution is 2.41. The van der Waals surface area contributed by atoms with Gasteiger partial charge in [-0.05, 0) is 37.9 Å². The van der Waals surface area contributed by atoms with Crippen LogP contribution in [0.15, 0.2) is 34.1 Å². The van der Waals surface area contributed by atoms with Crippen molar-refractivity contribution in [3.05, 3.63) is 45.0 Å². The molecule has 1 saturated heterocycles. The Morgan fingerprint density at radius 1 is 0.944 bits per heavy atom. The van der Waals surface area contributed by atoms with E-state index in [0.717, 1.165) is 96.6 Å². The highest BCUT2D eigenvalue weighted by Gasteiger charge is 2.21. The van der Waals surface area contributed by atoms with Gasteiger partial charge in [0.05, 0.1) is 13.2 Å². The monoisotopic (exact) mass is 523 g/mol. The van der Waals surface area contributed by atoms with E-state index in [1.165, 1.54) is 0 Å². The Hall–Kier alpha value is -2.06. The largest absolute Gasteiger partial charge is 0.380 e. The molecule has 2 aromatic rings. The number of nitrogens with zero attached hydrogens (tertiary/aromatic N) is 3. The van der Waals surface area contributed by atoms with Crippen molar-refractivity contribution in [2.24, 2.45) is 0 Å². The third-order valence-corrected chi connectivity index (χ3v) is 8.44. The van der Waals surface area contributed by atoms with Gasteiger partial charge in [0.2, 0.25) is 0 Å². The quantitative estimate of drug-likeness (QED) is 0.179. The molecular formula is C26H46N5O4P. The molecule has 3 rings (SSSR count). The zero-order chi connectivity index (χ0) is 25.8. The number of hydrogen-bond donors (Lipinski definition) is 2. The van der Waals surface area contributed by atoms with Crippen molar-refractivity contribution in [2.75, 3.05) is 76.4 Å². The van der Waals surface area contributed by atoms with E-state index < -0.39 is 18.2 Å². The number of nitrogens with one attached hydrogen (secondary N) is 2. The maximum Gasteiger partial charge on any atom is 0.253 e. The molecule has 1 aromatic carbocycles. The number of hydrogen-bond acceptors (Lipinski definition) is 8. The summed E-state index contributed by atoms with van der Waals surface area (Å²) in [5, 5.41) is 6.14. The first-order chi connectivity index (χ1) is 17.4. The number of ether oxygens (including phenoxy) is 1. The first-order valence-corrected chi connectivity index (χ1v) is 15.8. The number of unbranched alkanes of at least 4 members (excludes halogenated alkanes) is 5. The second-order valence-corrected chi connectivity index (χ2v) is 13.0. The molecule has 2 heterocycles. The zero-order valence-corrected chi connectivity index (χ0v) is 22.7. The third-order valence-electron chi connectivity index (χ3n) is 6.68. The van der Waals surface area contributed by atoms with Crippen LogP contribution in [-0.2, 0) is 9.30 Å². The van der Waals surface area contributed by atoms with Crippen LogP contribution in [0.25, 0.3) is 0 Å². The molecular weight excluding hydrogens is 477 g/mol. The standard InChI is InChI=1S/C26H42N5O4P.2H2/c1-36(2,34)31(17-9-15-30-18-20-35-21-19-30)16-8-6-4-3-5-7-12-28-23-24(26(33)25(23)32)29-22-10-13-27-14-11-22;;/h10-11,13-14,28H,3-9,12,15-21H2,1-2H3,(H,27,29);2*1H. The summed E-state index contributed by atoms with van der Waals surface area (Å²) in [4.78, 5) is 30.2. The molecule has 1 aliphatic heterocycles. The number of aromatic nitrogens is 1. The summed E-state index contributed by atoms with van der Waals surface area (Å²) >= 11 is 0. The first-order valence-electron chi connectivity index (χ1n) is 13.2. The van der Waals surface area contributed by atoms with Gasteiger partial charge in [-0.1, -0.05) is 25.7 Å². The molecule has 0 unspecified atom stereocenters. The van der Waals surface area contributed by atoms with Crippen molar-refractivity contribution >= 4 is 24.4 Å². The number of rotatable bonds is 17. The van der Waals surface area contributed by atoms with E-state index in [-0.39, 0.29) is 2.85 Å². The molecule has 0 radical (unpaired) electrons. The van der Waals surface area contributed by atoms with Gasteiger partial charge in [-0.2, -0.15) is 0 Å². The molecule has 0 amide bonds. The summed E-state index contributed by atoms with van der Waals surface area (Å²) in [5.41, 5.74) is 0.524. The SMILES string of the molecule is CP(C)(=O)N(CCCCCCCCNc1c(Nc2ccncc2)c(=O)c1=O)CCCN1CCOCC1.[HH].[HH]. The molecule has 0 aliphatic carbocycles. The van der Waals surface area contributed by atoms with E-state index in [1.807, 2.05) is 13.3 Å². The molecule has 10 heteroatoms. The summed E-state index contributed by atoms with van der Waals surface area (Å²) in [6.07, 6.45) is 10.8. The molecule has 0 spiro atoms. The topological polar surface area (TPSA) is 104 Å². The highest BCUT2D eigenvalue weighted by molar-refractivity contribution is 7.59. The smallest absolute Gasteiger partial charge is 0.253 e. The third kappa shape index (κ3) is 9.11. The molecule has 1 aromatic heterocycles. The van der Waals surface area contributed by atoms with E-state index in [0.29, 0.717) is 17.9 Å². The Balaban J connectivity index is 0.00000361. The van der Waals surface area contributed by atoms with Crippen molar-refractivity contribution in [3.8, 4) is 0 Å². The van der Waals surface area contributed by atoms with Gasteiger partial charge in [-0.3, -0.25) is 24.1 Å². The Labute approximate surface area is 217 Å². The van der Waals surface area contributed by atoms with Crippen LogP contribution < -0.4 is 21.5 Å². The molecule has 1 fully saturated rings. The van der Waals surface area contributed by atoms with Gasteiger partial charge < -0.3 is 19.9 Å². The van der Waals surface area contributed by atoms with Crippen molar-refractivity contribution in [1.29, 1.82) is 0 Å². The van der Waals surface area contributed by atoms with E-state index in [4.69, 9.17) is 4.74 Å². The van der Waals surface area contributed by atoms with Crippen LogP contribution in [0.2, 0.25) is 0 Å². The average Bonchev–Trinajstić information content (AvgIpc) is 2.88. The normalized spacial score (nSPS) is 15.0. The van der Waals surface area contributed by atoms with Crippen molar-refractivity contribution in [1.82, 2.24) is 14.6 Å². The Kier molecular flexibility index (Phi) is 11.6. The maximum absolute atomic E-state index is 12.7. The van der Waals surface area contributed by atoms with Crippen LogP contribution in [0.5, 0.6) is 0 Å². The predicted octanol–water partition coefficient (Wildman–Crippen LogP) is 4.23. The molecule has 0 atom stereocenters. The van der Waals surface area contributed by atoms with E-state index >= 15 is 0 Å².